The van der Waals surface area contributed by atoms with Crippen LogP contribution in [-0.2, 0) is 0 Å². The molecular formula is C11H8N2O4. The minimum atomic E-state index is -1.17. The number of carboxylic acids is 1. The maximum atomic E-state index is 10.9. The summed E-state index contributed by atoms with van der Waals surface area (Å²) in [5, 5.41) is 27.8. The number of nitrogens with zero attached hydrogens (tertiary/aromatic N) is 2. The number of benzene rings is 1. The van der Waals surface area contributed by atoms with Gasteiger partial charge in [0.25, 0.3) is 5.69 Å². The van der Waals surface area contributed by atoms with Gasteiger partial charge in [-0.2, -0.15) is 5.26 Å². The van der Waals surface area contributed by atoms with Crippen LogP contribution < -0.4 is 0 Å². The minimum absolute atomic E-state index is 0.0372. The summed E-state index contributed by atoms with van der Waals surface area (Å²) in [6.45, 7) is 0. The third-order valence-electron chi connectivity index (χ3n) is 1.98. The lowest BCUT2D eigenvalue weighted by atomic mass is 10.1. The van der Waals surface area contributed by atoms with Crippen molar-refractivity contribution in [1.29, 1.82) is 5.26 Å². The molecule has 0 bridgehead atoms. The third kappa shape index (κ3) is 3.14. The van der Waals surface area contributed by atoms with Crippen molar-refractivity contribution in [2.75, 3.05) is 0 Å². The number of nitro groups is 1. The van der Waals surface area contributed by atoms with Crippen molar-refractivity contribution in [2.24, 2.45) is 0 Å². The van der Waals surface area contributed by atoms with E-state index in [1.165, 1.54) is 18.2 Å². The first kappa shape index (κ1) is 12.4. The molecule has 0 aliphatic heterocycles. The number of allylic oxidation sites excluding steroid dienone is 1. The molecule has 0 atom stereocenters. The molecule has 1 aromatic rings. The fourth-order valence-corrected chi connectivity index (χ4v) is 1.23. The number of aromatic carboxylic acids is 1. The smallest absolute Gasteiger partial charge is 0.336 e. The summed E-state index contributed by atoms with van der Waals surface area (Å²) >= 11 is 0. The zero-order valence-electron chi connectivity index (χ0n) is 8.66. The molecule has 0 heterocycles. The van der Waals surface area contributed by atoms with Crippen LogP contribution in [0.2, 0.25) is 0 Å². The number of hydrogen-bond acceptors (Lipinski definition) is 4. The Hall–Kier alpha value is -2.68. The van der Waals surface area contributed by atoms with Gasteiger partial charge in [0.2, 0.25) is 0 Å². The summed E-state index contributed by atoms with van der Waals surface area (Å²) in [5.74, 6) is -1.17. The van der Waals surface area contributed by atoms with Crippen LogP contribution in [0, 0.1) is 21.4 Å². The van der Waals surface area contributed by atoms with Gasteiger partial charge in [-0.1, -0.05) is 12.2 Å². The van der Waals surface area contributed by atoms with Crippen molar-refractivity contribution < 1.29 is 14.8 Å². The summed E-state index contributed by atoms with van der Waals surface area (Å²) in [6.07, 6.45) is 2.95. The van der Waals surface area contributed by atoms with Gasteiger partial charge in [0.1, 0.15) is 0 Å². The van der Waals surface area contributed by atoms with Crippen LogP contribution in [0.25, 0.3) is 6.08 Å². The van der Waals surface area contributed by atoms with E-state index in [0.29, 0.717) is 0 Å². The molecule has 0 spiro atoms. The van der Waals surface area contributed by atoms with Crippen molar-refractivity contribution in [1.82, 2.24) is 0 Å². The van der Waals surface area contributed by atoms with Gasteiger partial charge >= 0.3 is 5.97 Å². The highest BCUT2D eigenvalue weighted by Crippen LogP contribution is 2.19. The first-order chi connectivity index (χ1) is 8.06. The number of nitriles is 1. The van der Waals surface area contributed by atoms with Crippen LogP contribution in [0.3, 0.4) is 0 Å². The summed E-state index contributed by atoms with van der Waals surface area (Å²) in [5.41, 5.74) is -0.0154. The maximum absolute atomic E-state index is 10.9. The second-order valence-corrected chi connectivity index (χ2v) is 3.10. The van der Waals surface area contributed by atoms with Crippen molar-refractivity contribution in [3.05, 3.63) is 45.5 Å². The zero-order chi connectivity index (χ0) is 12.8. The molecule has 17 heavy (non-hydrogen) atoms. The monoisotopic (exact) mass is 232 g/mol. The fourth-order valence-electron chi connectivity index (χ4n) is 1.23. The first-order valence-corrected chi connectivity index (χ1v) is 4.61. The standard InChI is InChI=1S/C11H8N2O4/c12-6-2-1-3-8-7-9(13(16)17)4-5-10(8)11(14)15/h1,3-5,7H,2H2,(H,14,15). The summed E-state index contributed by atoms with van der Waals surface area (Å²) in [4.78, 5) is 20.8. The van der Waals surface area contributed by atoms with Crippen LogP contribution in [0.15, 0.2) is 24.3 Å². The van der Waals surface area contributed by atoms with Crippen LogP contribution in [0.5, 0.6) is 0 Å². The average Bonchev–Trinajstić information content (AvgIpc) is 2.28. The van der Waals surface area contributed by atoms with Gasteiger partial charge in [0, 0.05) is 12.1 Å². The zero-order valence-corrected chi connectivity index (χ0v) is 8.66. The van der Waals surface area contributed by atoms with E-state index >= 15 is 0 Å². The quantitative estimate of drug-likeness (QED) is 0.633. The minimum Gasteiger partial charge on any atom is -0.478 e. The van der Waals surface area contributed by atoms with Crippen molar-refractivity contribution >= 4 is 17.7 Å². The van der Waals surface area contributed by atoms with E-state index in [-0.39, 0.29) is 23.2 Å². The fraction of sp³-hybridized carbons (Fsp3) is 0.0909. The van der Waals surface area contributed by atoms with E-state index in [0.717, 1.165) is 12.1 Å². The molecule has 0 aromatic heterocycles. The molecule has 86 valence electrons. The number of carbonyl (C=O) groups is 1. The Morgan fingerprint density at radius 2 is 2.29 bits per heavy atom. The molecule has 0 aliphatic rings. The lowest BCUT2D eigenvalue weighted by Crippen LogP contribution is -2.00. The highest BCUT2D eigenvalue weighted by molar-refractivity contribution is 5.92. The largest absolute Gasteiger partial charge is 0.478 e. The molecule has 0 saturated heterocycles. The summed E-state index contributed by atoms with van der Waals surface area (Å²) in [7, 11) is 0. The van der Waals surface area contributed by atoms with Crippen molar-refractivity contribution in [3.63, 3.8) is 0 Å². The highest BCUT2D eigenvalue weighted by Gasteiger charge is 2.13. The number of nitro benzene ring substituents is 1. The number of carboxylic acid groups (broad SMARTS) is 1. The van der Waals surface area contributed by atoms with Gasteiger partial charge in [0.15, 0.2) is 0 Å². The maximum Gasteiger partial charge on any atom is 0.336 e. The van der Waals surface area contributed by atoms with Gasteiger partial charge in [-0.3, -0.25) is 10.1 Å². The number of rotatable bonds is 4. The van der Waals surface area contributed by atoms with E-state index in [2.05, 4.69) is 0 Å². The molecule has 6 heteroatoms. The molecule has 0 saturated carbocycles. The molecule has 0 amide bonds. The van der Waals surface area contributed by atoms with E-state index in [9.17, 15) is 14.9 Å². The normalized spacial score (nSPS) is 10.1. The van der Waals surface area contributed by atoms with Gasteiger partial charge < -0.3 is 5.11 Å². The predicted molar refractivity (Wildman–Crippen MR) is 59.3 cm³/mol. The van der Waals surface area contributed by atoms with Crippen molar-refractivity contribution in [3.8, 4) is 6.07 Å². The lowest BCUT2D eigenvalue weighted by molar-refractivity contribution is -0.384. The van der Waals surface area contributed by atoms with Gasteiger partial charge in [-0.25, -0.2) is 4.79 Å². The average molecular weight is 232 g/mol. The molecule has 1 N–H and O–H groups in total. The van der Waals surface area contributed by atoms with Crippen LogP contribution in [-0.4, -0.2) is 16.0 Å². The molecular weight excluding hydrogens is 224 g/mol. The Morgan fingerprint density at radius 3 is 2.82 bits per heavy atom. The highest BCUT2D eigenvalue weighted by atomic mass is 16.6. The number of hydrogen-bond donors (Lipinski definition) is 1. The molecule has 1 aromatic carbocycles. The molecule has 0 aliphatic carbocycles. The Kier molecular flexibility index (Phi) is 3.95. The van der Waals surface area contributed by atoms with E-state index in [4.69, 9.17) is 10.4 Å². The van der Waals surface area contributed by atoms with Crippen LogP contribution in [0.1, 0.15) is 22.3 Å². The molecule has 6 nitrogen and oxygen atoms in total. The SMILES string of the molecule is N#CCC=Cc1cc([N+](=O)[O-])ccc1C(=O)O. The second kappa shape index (κ2) is 5.42. The Bertz CT molecular complexity index is 529. The molecule has 1 rings (SSSR count). The molecule has 0 radical (unpaired) electrons. The number of non-ortho nitro benzene ring substituents is 1. The second-order valence-electron chi connectivity index (χ2n) is 3.10. The van der Waals surface area contributed by atoms with Gasteiger partial charge in [-0.05, 0) is 11.6 Å². The third-order valence-corrected chi connectivity index (χ3v) is 1.98. The Morgan fingerprint density at radius 1 is 1.59 bits per heavy atom. The summed E-state index contributed by atoms with van der Waals surface area (Å²) in [6, 6.07) is 5.32. The Balaban J connectivity index is 3.21. The predicted octanol–water partition coefficient (Wildman–Crippen LogP) is 2.22. The lowest BCUT2D eigenvalue weighted by Gasteiger charge is -2.00. The van der Waals surface area contributed by atoms with E-state index < -0.39 is 10.9 Å². The Labute approximate surface area is 96.6 Å². The van der Waals surface area contributed by atoms with Crippen LogP contribution >= 0.6 is 0 Å². The van der Waals surface area contributed by atoms with E-state index in [1.807, 2.05) is 6.07 Å². The van der Waals surface area contributed by atoms with Crippen molar-refractivity contribution in [2.45, 2.75) is 6.42 Å². The van der Waals surface area contributed by atoms with Gasteiger partial charge in [0.05, 0.1) is 23.0 Å². The molecule has 0 unspecified atom stereocenters. The van der Waals surface area contributed by atoms with E-state index in [1.54, 1.807) is 0 Å². The molecule has 0 fully saturated rings. The summed E-state index contributed by atoms with van der Waals surface area (Å²) < 4.78 is 0. The van der Waals surface area contributed by atoms with Gasteiger partial charge in [-0.15, -0.1) is 0 Å². The first-order valence-electron chi connectivity index (χ1n) is 4.61. The topological polar surface area (TPSA) is 104 Å². The van der Waals surface area contributed by atoms with Crippen LogP contribution in [0.4, 0.5) is 5.69 Å².